The van der Waals surface area contributed by atoms with Gasteiger partial charge in [-0.15, -0.1) is 12.4 Å². The molecule has 0 bridgehead atoms. The first-order valence-electron chi connectivity index (χ1n) is 9.50. The maximum atomic E-state index is 5.87. The molecule has 3 nitrogen and oxygen atoms in total. The number of anilines is 1. The van der Waals surface area contributed by atoms with E-state index in [2.05, 4.69) is 66.1 Å². The predicted octanol–water partition coefficient (Wildman–Crippen LogP) is 4.88. The lowest BCUT2D eigenvalue weighted by Crippen LogP contribution is -2.46. The fraction of sp³-hybridized carbons (Fsp3) is 0.455. The summed E-state index contributed by atoms with van der Waals surface area (Å²) in [4.78, 5) is 5.01. The van der Waals surface area contributed by atoms with Gasteiger partial charge in [0.25, 0.3) is 0 Å². The fourth-order valence-corrected chi connectivity index (χ4v) is 3.70. The lowest BCUT2D eigenvalue weighted by Gasteiger charge is -2.36. The first kappa shape index (κ1) is 20.6. The first-order chi connectivity index (χ1) is 12.3. The van der Waals surface area contributed by atoms with Crippen molar-refractivity contribution in [2.24, 2.45) is 0 Å². The molecule has 3 rings (SSSR count). The molecular weight excluding hydrogens is 344 g/mol. The summed E-state index contributed by atoms with van der Waals surface area (Å²) in [5.74, 6) is 1.06. The van der Waals surface area contributed by atoms with Crippen LogP contribution in [-0.2, 0) is 6.42 Å². The van der Waals surface area contributed by atoms with Gasteiger partial charge in [0.1, 0.15) is 5.75 Å². The number of piperazine rings is 1. The third-order valence-electron chi connectivity index (χ3n) is 5.14. The number of hydrogen-bond acceptors (Lipinski definition) is 3. The number of likely N-dealkylation sites (N-methyl/N-ethyl adjacent to an activating group) is 1. The molecule has 2 aromatic carbocycles. The average Bonchev–Trinajstić information content (AvgIpc) is 2.68. The number of rotatable bonds is 6. The summed E-state index contributed by atoms with van der Waals surface area (Å²) >= 11 is 0. The van der Waals surface area contributed by atoms with Gasteiger partial charge in [0.15, 0.2) is 0 Å². The molecule has 0 aliphatic carbocycles. The van der Waals surface area contributed by atoms with Gasteiger partial charge in [-0.2, -0.15) is 0 Å². The van der Waals surface area contributed by atoms with E-state index < -0.39 is 0 Å². The Bertz CT molecular complexity index is 682. The highest BCUT2D eigenvalue weighted by atomic mass is 35.5. The Hall–Kier alpha value is -1.71. The topological polar surface area (TPSA) is 15.7 Å². The molecule has 0 aromatic heterocycles. The second kappa shape index (κ2) is 9.84. The second-order valence-electron chi connectivity index (χ2n) is 6.73. The van der Waals surface area contributed by atoms with Crippen molar-refractivity contribution in [3.05, 3.63) is 48.0 Å². The molecule has 1 fully saturated rings. The lowest BCUT2D eigenvalue weighted by atomic mass is 9.98. The highest BCUT2D eigenvalue weighted by Gasteiger charge is 2.21. The van der Waals surface area contributed by atoms with E-state index in [4.69, 9.17) is 4.74 Å². The van der Waals surface area contributed by atoms with Crippen molar-refractivity contribution in [3.63, 3.8) is 0 Å². The number of halogens is 1. The molecule has 0 amide bonds. The Morgan fingerprint density at radius 1 is 0.923 bits per heavy atom. The number of methoxy groups -OCH3 is 1. The van der Waals surface area contributed by atoms with Crippen LogP contribution in [-0.4, -0.2) is 44.7 Å². The van der Waals surface area contributed by atoms with Crippen LogP contribution >= 0.6 is 12.4 Å². The quantitative estimate of drug-likeness (QED) is 0.716. The summed E-state index contributed by atoms with van der Waals surface area (Å²) < 4.78 is 5.87. The minimum atomic E-state index is 0. The van der Waals surface area contributed by atoms with E-state index in [0.717, 1.165) is 51.3 Å². The zero-order valence-corrected chi connectivity index (χ0v) is 17.0. The Morgan fingerprint density at radius 2 is 1.62 bits per heavy atom. The van der Waals surface area contributed by atoms with Crippen LogP contribution < -0.4 is 9.64 Å². The van der Waals surface area contributed by atoms with Crippen LogP contribution in [0.15, 0.2) is 42.5 Å². The summed E-state index contributed by atoms with van der Waals surface area (Å²) in [6.45, 7) is 9.98. The zero-order valence-electron chi connectivity index (χ0n) is 16.2. The summed E-state index contributed by atoms with van der Waals surface area (Å²) in [5.41, 5.74) is 5.14. The van der Waals surface area contributed by atoms with Gasteiger partial charge in [0, 0.05) is 26.2 Å². The molecular formula is C22H31ClN2O. The van der Waals surface area contributed by atoms with Crippen molar-refractivity contribution in [3.8, 4) is 16.9 Å². The molecule has 1 heterocycles. The predicted molar refractivity (Wildman–Crippen MR) is 114 cm³/mol. The largest absolute Gasteiger partial charge is 0.494 e. The van der Waals surface area contributed by atoms with Gasteiger partial charge in [0.05, 0.1) is 12.8 Å². The number of hydrogen-bond donors (Lipinski definition) is 0. The van der Waals surface area contributed by atoms with E-state index in [9.17, 15) is 0 Å². The minimum absolute atomic E-state index is 0. The third-order valence-corrected chi connectivity index (χ3v) is 5.14. The van der Waals surface area contributed by atoms with Gasteiger partial charge in [-0.25, -0.2) is 0 Å². The molecule has 1 aliphatic rings. The number of nitrogens with zero attached hydrogens (tertiary/aromatic N) is 2. The van der Waals surface area contributed by atoms with Crippen LogP contribution in [0, 0.1) is 0 Å². The Kier molecular flexibility index (Phi) is 7.80. The number of benzene rings is 2. The van der Waals surface area contributed by atoms with Crippen molar-refractivity contribution < 1.29 is 4.74 Å². The molecule has 26 heavy (non-hydrogen) atoms. The van der Waals surface area contributed by atoms with E-state index in [0.29, 0.717) is 0 Å². The molecule has 0 spiro atoms. The van der Waals surface area contributed by atoms with Crippen LogP contribution in [0.4, 0.5) is 5.69 Å². The maximum absolute atomic E-state index is 5.87. The van der Waals surface area contributed by atoms with Gasteiger partial charge in [0.2, 0.25) is 0 Å². The van der Waals surface area contributed by atoms with E-state index in [1.165, 1.54) is 22.4 Å². The van der Waals surface area contributed by atoms with Crippen molar-refractivity contribution in [2.75, 3.05) is 44.7 Å². The van der Waals surface area contributed by atoms with Crippen molar-refractivity contribution in [1.29, 1.82) is 0 Å². The van der Waals surface area contributed by atoms with Crippen LogP contribution in [0.25, 0.3) is 11.1 Å². The summed E-state index contributed by atoms with van der Waals surface area (Å²) in [6.07, 6.45) is 2.17. The van der Waals surface area contributed by atoms with E-state index in [1.807, 2.05) is 7.11 Å². The number of ether oxygens (including phenoxy) is 1. The molecule has 0 saturated carbocycles. The summed E-state index contributed by atoms with van der Waals surface area (Å²) in [5, 5.41) is 0. The number of aryl methyl sites for hydroxylation is 1. The maximum Gasteiger partial charge on any atom is 0.145 e. The Labute approximate surface area is 164 Å². The minimum Gasteiger partial charge on any atom is -0.494 e. The van der Waals surface area contributed by atoms with Crippen molar-refractivity contribution >= 4 is 18.1 Å². The Balaban J connectivity index is 0.00000243. The van der Waals surface area contributed by atoms with Crippen molar-refractivity contribution in [2.45, 2.75) is 26.7 Å². The molecule has 0 unspecified atom stereocenters. The zero-order chi connectivity index (χ0) is 17.6. The normalized spacial score (nSPS) is 14.8. The van der Waals surface area contributed by atoms with Gasteiger partial charge in [-0.1, -0.05) is 50.6 Å². The van der Waals surface area contributed by atoms with Crippen LogP contribution in [0.1, 0.15) is 25.8 Å². The molecule has 0 radical (unpaired) electrons. The van der Waals surface area contributed by atoms with Gasteiger partial charge in [-0.3, -0.25) is 0 Å². The van der Waals surface area contributed by atoms with Crippen LogP contribution in [0.5, 0.6) is 5.75 Å². The van der Waals surface area contributed by atoms with E-state index in [-0.39, 0.29) is 12.4 Å². The molecule has 1 aliphatic heterocycles. The second-order valence-corrected chi connectivity index (χ2v) is 6.73. The highest BCUT2D eigenvalue weighted by Crippen LogP contribution is 2.38. The van der Waals surface area contributed by atoms with Gasteiger partial charge >= 0.3 is 0 Å². The van der Waals surface area contributed by atoms with Gasteiger partial charge in [-0.05, 0) is 41.8 Å². The summed E-state index contributed by atoms with van der Waals surface area (Å²) in [7, 11) is 1.81. The van der Waals surface area contributed by atoms with E-state index in [1.54, 1.807) is 0 Å². The third kappa shape index (κ3) is 4.52. The standard InChI is InChI=1S/C22H30N2O.ClH/c1-4-9-19-16-20(18-10-7-6-8-11-18)17-21(22(19)25-3)24-14-12-23(5-2)13-15-24;/h6-8,10-11,16-17H,4-5,9,12-15H2,1-3H3;1H. The molecule has 4 heteroatoms. The van der Waals surface area contributed by atoms with Crippen molar-refractivity contribution in [1.82, 2.24) is 4.90 Å². The first-order valence-corrected chi connectivity index (χ1v) is 9.50. The lowest BCUT2D eigenvalue weighted by molar-refractivity contribution is 0.270. The summed E-state index contributed by atoms with van der Waals surface area (Å²) in [6, 6.07) is 15.3. The molecule has 142 valence electrons. The molecule has 0 atom stereocenters. The SMILES string of the molecule is CCCc1cc(-c2ccccc2)cc(N2CCN(CC)CC2)c1OC.Cl. The average molecular weight is 375 g/mol. The molecule has 1 saturated heterocycles. The molecule has 2 aromatic rings. The van der Waals surface area contributed by atoms with Gasteiger partial charge < -0.3 is 14.5 Å². The fourth-order valence-electron chi connectivity index (χ4n) is 3.70. The van der Waals surface area contributed by atoms with Crippen LogP contribution in [0.2, 0.25) is 0 Å². The smallest absolute Gasteiger partial charge is 0.145 e. The monoisotopic (exact) mass is 374 g/mol. The Morgan fingerprint density at radius 3 is 2.19 bits per heavy atom. The molecule has 0 N–H and O–H groups in total. The highest BCUT2D eigenvalue weighted by molar-refractivity contribution is 5.85. The van der Waals surface area contributed by atoms with E-state index >= 15 is 0 Å². The van der Waals surface area contributed by atoms with Crippen LogP contribution in [0.3, 0.4) is 0 Å².